The SMILES string of the molecule is C=CC(=O)OCCOCCOCCOC(C)OC(=O)CCc1ccc(C(=O)c2cc3c(OC)cc(OC)cc3oc2=O)cc1. The molecule has 44 heavy (non-hydrogen) atoms. The van der Waals surface area contributed by atoms with Crippen molar-refractivity contribution >= 4 is 28.7 Å². The maximum atomic E-state index is 13.1. The van der Waals surface area contributed by atoms with Crippen LogP contribution in [0.5, 0.6) is 11.5 Å². The molecule has 0 fully saturated rings. The molecule has 0 amide bonds. The summed E-state index contributed by atoms with van der Waals surface area (Å²) in [6.07, 6.45) is 0.816. The molecule has 1 atom stereocenters. The molecule has 0 bridgehead atoms. The van der Waals surface area contributed by atoms with Crippen molar-refractivity contribution in [2.75, 3.05) is 53.9 Å². The van der Waals surface area contributed by atoms with Crippen molar-refractivity contribution in [3.63, 3.8) is 0 Å². The zero-order valence-corrected chi connectivity index (χ0v) is 25.0. The van der Waals surface area contributed by atoms with E-state index in [0.29, 0.717) is 42.1 Å². The van der Waals surface area contributed by atoms with Crippen LogP contribution in [-0.2, 0) is 39.7 Å². The van der Waals surface area contributed by atoms with Gasteiger partial charge in [-0.1, -0.05) is 30.8 Å². The van der Waals surface area contributed by atoms with Crippen molar-refractivity contribution in [3.8, 4) is 11.5 Å². The molecule has 2 aromatic carbocycles. The molecule has 0 saturated heterocycles. The summed E-state index contributed by atoms with van der Waals surface area (Å²) in [5.74, 6) is -0.595. The van der Waals surface area contributed by atoms with Gasteiger partial charge in [0.15, 0.2) is 12.1 Å². The van der Waals surface area contributed by atoms with Gasteiger partial charge in [0.2, 0.25) is 0 Å². The normalized spacial score (nSPS) is 11.5. The third kappa shape index (κ3) is 10.3. The fourth-order valence-electron chi connectivity index (χ4n) is 3.96. The summed E-state index contributed by atoms with van der Waals surface area (Å²) in [7, 11) is 2.95. The first-order valence-corrected chi connectivity index (χ1v) is 13.8. The molecule has 0 aliphatic heterocycles. The summed E-state index contributed by atoms with van der Waals surface area (Å²) in [4.78, 5) is 48.8. The number of ether oxygens (including phenoxy) is 7. The standard InChI is InChI=1S/C32H36O12/c1-5-29(33)42-17-15-40-13-12-39-14-16-41-21(2)43-30(34)11-8-22-6-9-23(10-7-22)31(35)26-20-25-27(38-4)18-24(37-3)19-28(25)44-32(26)36/h5-7,9-10,18-21H,1,8,11-17H2,2-4H3. The molecule has 3 aromatic rings. The molecule has 0 aliphatic carbocycles. The lowest BCUT2D eigenvalue weighted by atomic mass is 10.0. The van der Waals surface area contributed by atoms with Gasteiger partial charge in [-0.3, -0.25) is 9.59 Å². The van der Waals surface area contributed by atoms with Crippen LogP contribution in [0.2, 0.25) is 0 Å². The Hall–Kier alpha value is -4.52. The van der Waals surface area contributed by atoms with E-state index >= 15 is 0 Å². The van der Waals surface area contributed by atoms with Crippen LogP contribution in [0, 0.1) is 0 Å². The average Bonchev–Trinajstić information content (AvgIpc) is 3.03. The summed E-state index contributed by atoms with van der Waals surface area (Å²) in [5, 5.41) is 0.462. The first-order chi connectivity index (χ1) is 21.2. The molecular weight excluding hydrogens is 576 g/mol. The van der Waals surface area contributed by atoms with Gasteiger partial charge in [-0.25, -0.2) is 9.59 Å². The van der Waals surface area contributed by atoms with Crippen LogP contribution in [0.15, 0.2) is 64.3 Å². The van der Waals surface area contributed by atoms with Crippen LogP contribution in [-0.4, -0.2) is 77.9 Å². The highest BCUT2D eigenvalue weighted by atomic mass is 16.7. The lowest BCUT2D eigenvalue weighted by molar-refractivity contribution is -0.177. The molecule has 1 aromatic heterocycles. The number of esters is 2. The Balaban J connectivity index is 1.39. The Morgan fingerprint density at radius 3 is 2.25 bits per heavy atom. The predicted octanol–water partition coefficient (Wildman–Crippen LogP) is 3.64. The van der Waals surface area contributed by atoms with E-state index in [1.807, 2.05) is 0 Å². The Kier molecular flexibility index (Phi) is 13.6. The molecular formula is C32H36O12. The highest BCUT2D eigenvalue weighted by Gasteiger charge is 2.19. The first kappa shape index (κ1) is 34.0. The van der Waals surface area contributed by atoms with Crippen LogP contribution < -0.4 is 15.1 Å². The van der Waals surface area contributed by atoms with Crippen LogP contribution in [0.1, 0.15) is 34.8 Å². The molecule has 12 nitrogen and oxygen atoms in total. The van der Waals surface area contributed by atoms with Gasteiger partial charge in [0.05, 0.1) is 52.6 Å². The van der Waals surface area contributed by atoms with Gasteiger partial charge in [-0.15, -0.1) is 0 Å². The Morgan fingerprint density at radius 2 is 1.59 bits per heavy atom. The lowest BCUT2D eigenvalue weighted by Gasteiger charge is -2.14. The number of carbonyl (C=O) groups is 3. The smallest absolute Gasteiger partial charge is 0.347 e. The molecule has 0 radical (unpaired) electrons. The van der Waals surface area contributed by atoms with Crippen LogP contribution in [0.3, 0.4) is 0 Å². The minimum absolute atomic E-state index is 0.106. The maximum absolute atomic E-state index is 13.1. The maximum Gasteiger partial charge on any atom is 0.347 e. The number of hydrogen-bond acceptors (Lipinski definition) is 12. The molecule has 0 saturated carbocycles. The number of methoxy groups -OCH3 is 2. The van der Waals surface area contributed by atoms with E-state index in [1.54, 1.807) is 43.3 Å². The molecule has 0 spiro atoms. The predicted molar refractivity (Wildman–Crippen MR) is 158 cm³/mol. The first-order valence-electron chi connectivity index (χ1n) is 13.8. The third-order valence-corrected chi connectivity index (χ3v) is 6.21. The van der Waals surface area contributed by atoms with Gasteiger partial charge in [0.25, 0.3) is 0 Å². The zero-order chi connectivity index (χ0) is 31.9. The second-order valence-corrected chi connectivity index (χ2v) is 9.24. The van der Waals surface area contributed by atoms with E-state index in [2.05, 4.69) is 6.58 Å². The molecule has 12 heteroatoms. The average molecular weight is 613 g/mol. The number of aryl methyl sites for hydroxylation is 1. The van der Waals surface area contributed by atoms with Crippen LogP contribution in [0.25, 0.3) is 11.0 Å². The number of hydrogen-bond donors (Lipinski definition) is 0. The van der Waals surface area contributed by atoms with E-state index in [1.165, 1.54) is 20.3 Å². The van der Waals surface area contributed by atoms with Crippen molar-refractivity contribution in [1.29, 1.82) is 0 Å². The highest BCUT2D eigenvalue weighted by Crippen LogP contribution is 2.31. The fourth-order valence-corrected chi connectivity index (χ4v) is 3.96. The van der Waals surface area contributed by atoms with Gasteiger partial charge in [-0.2, -0.15) is 0 Å². The molecule has 1 heterocycles. The molecule has 3 rings (SSSR count). The summed E-state index contributed by atoms with van der Waals surface area (Å²) in [6.45, 7) is 6.47. The van der Waals surface area contributed by atoms with E-state index in [-0.39, 0.29) is 44.0 Å². The summed E-state index contributed by atoms with van der Waals surface area (Å²) >= 11 is 0. The second-order valence-electron chi connectivity index (χ2n) is 9.24. The third-order valence-electron chi connectivity index (χ3n) is 6.21. The van der Waals surface area contributed by atoms with Gasteiger partial charge in [0.1, 0.15) is 29.3 Å². The van der Waals surface area contributed by atoms with Crippen LogP contribution >= 0.6 is 0 Å². The second kappa shape index (κ2) is 17.6. The molecule has 0 N–H and O–H groups in total. The Morgan fingerprint density at radius 1 is 0.909 bits per heavy atom. The number of rotatable bonds is 19. The fraction of sp³-hybridized carbons (Fsp3) is 0.375. The quantitative estimate of drug-likeness (QED) is 0.0486. The summed E-state index contributed by atoms with van der Waals surface area (Å²) < 4.78 is 42.1. The largest absolute Gasteiger partial charge is 0.496 e. The van der Waals surface area contributed by atoms with Gasteiger partial charge >= 0.3 is 17.6 Å². The van der Waals surface area contributed by atoms with Crippen molar-refractivity contribution in [3.05, 3.63) is 82.2 Å². The highest BCUT2D eigenvalue weighted by molar-refractivity contribution is 6.10. The van der Waals surface area contributed by atoms with Gasteiger partial charge in [0, 0.05) is 30.2 Å². The van der Waals surface area contributed by atoms with E-state index in [4.69, 9.17) is 37.6 Å². The topological polar surface area (TPSA) is 146 Å². The minimum Gasteiger partial charge on any atom is -0.496 e. The zero-order valence-electron chi connectivity index (χ0n) is 25.0. The van der Waals surface area contributed by atoms with Crippen LogP contribution in [0.4, 0.5) is 0 Å². The van der Waals surface area contributed by atoms with Crippen molar-refractivity contribution < 1.29 is 52.0 Å². The summed E-state index contributed by atoms with van der Waals surface area (Å²) in [6, 6.07) is 11.2. The van der Waals surface area contributed by atoms with E-state index in [9.17, 15) is 19.2 Å². The Labute approximate surface area is 254 Å². The number of fused-ring (bicyclic) bond motifs is 1. The van der Waals surface area contributed by atoms with E-state index < -0.39 is 29.6 Å². The number of benzene rings is 2. The number of carbonyl (C=O) groups excluding carboxylic acids is 3. The molecule has 1 unspecified atom stereocenters. The molecule has 236 valence electrons. The van der Waals surface area contributed by atoms with Crippen molar-refractivity contribution in [1.82, 2.24) is 0 Å². The Bertz CT molecular complexity index is 1480. The van der Waals surface area contributed by atoms with Gasteiger partial charge in [-0.05, 0) is 25.0 Å². The van der Waals surface area contributed by atoms with E-state index in [0.717, 1.165) is 11.6 Å². The minimum atomic E-state index is -0.776. The number of ketones is 1. The van der Waals surface area contributed by atoms with Crippen molar-refractivity contribution in [2.45, 2.75) is 26.1 Å². The molecule has 0 aliphatic rings. The van der Waals surface area contributed by atoms with Crippen molar-refractivity contribution in [2.24, 2.45) is 0 Å². The summed E-state index contributed by atoms with van der Waals surface area (Å²) in [5.41, 5.74) is 0.430. The monoisotopic (exact) mass is 612 g/mol. The lowest BCUT2D eigenvalue weighted by Crippen LogP contribution is -2.21. The van der Waals surface area contributed by atoms with Gasteiger partial charge < -0.3 is 37.6 Å².